The van der Waals surface area contributed by atoms with E-state index in [0.717, 1.165) is 5.56 Å². The van der Waals surface area contributed by atoms with Crippen molar-refractivity contribution < 1.29 is 18.8 Å². The fourth-order valence-electron chi connectivity index (χ4n) is 2.12. The first kappa shape index (κ1) is 16.9. The molecule has 8 heteroatoms. The molecule has 0 fully saturated rings. The molecule has 0 bridgehead atoms. The molecule has 8 nitrogen and oxygen atoms in total. The van der Waals surface area contributed by atoms with Crippen LogP contribution in [0.5, 0.6) is 5.75 Å². The summed E-state index contributed by atoms with van der Waals surface area (Å²) in [7, 11) is 1.56. The van der Waals surface area contributed by atoms with Crippen LogP contribution in [0, 0.1) is 12.2 Å². The normalized spacial score (nSPS) is 9.58. The number of anilines is 3. The summed E-state index contributed by atoms with van der Waals surface area (Å²) in [6.07, 6.45) is 7.66. The van der Waals surface area contributed by atoms with Crippen LogP contribution in [-0.2, 0) is 9.68 Å². The van der Waals surface area contributed by atoms with Crippen molar-refractivity contribution in [1.29, 1.82) is 0 Å². The molecule has 26 heavy (non-hydrogen) atoms. The van der Waals surface area contributed by atoms with Gasteiger partial charge in [0.25, 0.3) is 0 Å². The minimum atomic E-state index is 0.600. The summed E-state index contributed by atoms with van der Waals surface area (Å²) in [4.78, 5) is 13.9. The van der Waals surface area contributed by atoms with E-state index in [2.05, 4.69) is 28.2 Å². The van der Waals surface area contributed by atoms with Crippen molar-refractivity contribution in [3.8, 4) is 29.3 Å². The van der Waals surface area contributed by atoms with E-state index < -0.39 is 0 Å². The fraction of sp³-hybridized carbons (Fsp3) is 0.0556. The zero-order valence-corrected chi connectivity index (χ0v) is 13.9. The van der Waals surface area contributed by atoms with Gasteiger partial charge in [0, 0.05) is 11.8 Å². The smallest absolute Gasteiger partial charge is 0.192 e. The van der Waals surface area contributed by atoms with E-state index in [1.807, 2.05) is 6.07 Å². The lowest BCUT2D eigenvalue weighted by Gasteiger charge is -2.08. The quantitative estimate of drug-likeness (QED) is 0.353. The van der Waals surface area contributed by atoms with Gasteiger partial charge in [0.1, 0.15) is 5.75 Å². The van der Waals surface area contributed by atoms with Gasteiger partial charge in [0.15, 0.2) is 24.4 Å². The fourth-order valence-corrected chi connectivity index (χ4v) is 2.12. The van der Waals surface area contributed by atoms with Crippen LogP contribution in [0.3, 0.4) is 0 Å². The zero-order chi connectivity index (χ0) is 18.2. The van der Waals surface area contributed by atoms with Gasteiger partial charge in [-0.2, -0.15) is 0 Å². The van der Waals surface area contributed by atoms with E-state index >= 15 is 0 Å². The van der Waals surface area contributed by atoms with E-state index in [1.165, 1.54) is 6.39 Å². The van der Waals surface area contributed by atoms with Crippen molar-refractivity contribution in [2.75, 3.05) is 23.8 Å². The molecular weight excluding hydrogens is 336 g/mol. The minimum absolute atomic E-state index is 0.600. The zero-order valence-electron chi connectivity index (χ0n) is 13.9. The molecule has 0 amide bonds. The number of hydrogen-bond acceptors (Lipinski definition) is 8. The average Bonchev–Trinajstić information content (AvgIpc) is 3.19. The summed E-state index contributed by atoms with van der Waals surface area (Å²) in [5.74, 6) is 1.21. The maximum absolute atomic E-state index is 5.65. The van der Waals surface area contributed by atoms with Gasteiger partial charge in [-0.05, 0) is 30.3 Å². The van der Waals surface area contributed by atoms with Crippen LogP contribution in [0.1, 0.15) is 0 Å². The Morgan fingerprint density at radius 1 is 1.04 bits per heavy atom. The van der Waals surface area contributed by atoms with Gasteiger partial charge < -0.3 is 24.6 Å². The largest absolute Gasteiger partial charge is 0.496 e. The van der Waals surface area contributed by atoms with Crippen molar-refractivity contribution in [3.05, 3.63) is 55.1 Å². The Hall–Kier alpha value is -3.99. The molecule has 1 aromatic heterocycles. The highest BCUT2D eigenvalue weighted by Gasteiger charge is 2.09. The lowest BCUT2D eigenvalue weighted by atomic mass is 10.1. The first-order chi connectivity index (χ1) is 12.8. The maximum Gasteiger partial charge on any atom is 0.192 e. The Kier molecular flexibility index (Phi) is 5.32. The van der Waals surface area contributed by atoms with Crippen LogP contribution in [0.2, 0.25) is 0 Å². The number of nitrogen functional groups attached to an aromatic ring is 1. The van der Waals surface area contributed by atoms with Crippen LogP contribution >= 0.6 is 0 Å². The highest BCUT2D eigenvalue weighted by atomic mass is 16.7. The molecule has 1 heterocycles. The third-order valence-electron chi connectivity index (χ3n) is 3.27. The third kappa shape index (κ3) is 4.30. The van der Waals surface area contributed by atoms with E-state index in [0.29, 0.717) is 28.6 Å². The minimum Gasteiger partial charge on any atom is -0.496 e. The van der Waals surface area contributed by atoms with Gasteiger partial charge in [0.05, 0.1) is 30.2 Å². The molecule has 0 atom stereocenters. The Bertz CT molecular complexity index is 916. The van der Waals surface area contributed by atoms with Crippen LogP contribution in [-0.4, -0.2) is 12.1 Å². The summed E-state index contributed by atoms with van der Waals surface area (Å²) < 4.78 is 10.6. The van der Waals surface area contributed by atoms with E-state index in [4.69, 9.17) is 24.6 Å². The Morgan fingerprint density at radius 2 is 1.81 bits per heavy atom. The standard InChI is InChI=1S/C18H16N4O4/c1-23-17-10-15(5-6-16(17)18-11-20-12-24-18)22-26-8-7-25-21-14-4-2-3-13(19)9-14/h2-6,9-12,21-22H,19H2,1H3. The van der Waals surface area contributed by atoms with Gasteiger partial charge in [-0.25, -0.2) is 15.9 Å². The number of nitrogens with one attached hydrogen (secondary N) is 2. The highest BCUT2D eigenvalue weighted by molar-refractivity contribution is 5.69. The molecule has 0 saturated heterocycles. The topological polar surface area (TPSA) is 104 Å². The number of oxazole rings is 1. The molecule has 4 N–H and O–H groups in total. The highest BCUT2D eigenvalue weighted by Crippen LogP contribution is 2.32. The van der Waals surface area contributed by atoms with E-state index in [-0.39, 0.29) is 0 Å². The Labute approximate surface area is 149 Å². The van der Waals surface area contributed by atoms with Crippen LogP contribution in [0.4, 0.5) is 17.1 Å². The van der Waals surface area contributed by atoms with Crippen molar-refractivity contribution in [3.63, 3.8) is 0 Å². The number of rotatable bonds is 6. The molecule has 0 radical (unpaired) electrons. The lowest BCUT2D eigenvalue weighted by molar-refractivity contribution is 0.327. The third-order valence-corrected chi connectivity index (χ3v) is 3.27. The molecule has 0 saturated carbocycles. The maximum atomic E-state index is 5.65. The second-order valence-electron chi connectivity index (χ2n) is 5.02. The van der Waals surface area contributed by atoms with Gasteiger partial charge in [-0.3, -0.25) is 0 Å². The summed E-state index contributed by atoms with van der Waals surface area (Å²) in [6.45, 7) is 0. The Balaban J connectivity index is 1.52. The molecule has 2 aromatic carbocycles. The number of aromatic nitrogens is 1. The molecule has 132 valence electrons. The molecule has 0 aliphatic carbocycles. The van der Waals surface area contributed by atoms with Crippen molar-refractivity contribution >= 4 is 17.1 Å². The number of methoxy groups -OCH3 is 1. The lowest BCUT2D eigenvalue weighted by Crippen LogP contribution is -1.99. The van der Waals surface area contributed by atoms with Crippen LogP contribution in [0.25, 0.3) is 11.3 Å². The Morgan fingerprint density at radius 3 is 2.46 bits per heavy atom. The van der Waals surface area contributed by atoms with Gasteiger partial charge in [0.2, 0.25) is 0 Å². The van der Waals surface area contributed by atoms with Crippen molar-refractivity contribution in [2.24, 2.45) is 0 Å². The molecule has 3 rings (SSSR count). The molecule has 0 aliphatic heterocycles. The molecular formula is C18H16N4O4. The monoisotopic (exact) mass is 352 g/mol. The first-order valence-corrected chi connectivity index (χ1v) is 7.52. The van der Waals surface area contributed by atoms with E-state index in [9.17, 15) is 0 Å². The summed E-state index contributed by atoms with van der Waals surface area (Å²) in [6, 6.07) is 12.4. The first-order valence-electron chi connectivity index (χ1n) is 7.52. The SMILES string of the molecule is COc1cc(NOC#CONc2cccc(N)c2)ccc1-c1cnco1. The van der Waals surface area contributed by atoms with Crippen molar-refractivity contribution in [1.82, 2.24) is 4.98 Å². The summed E-state index contributed by atoms with van der Waals surface area (Å²) in [5, 5.41) is 0. The molecule has 0 aliphatic rings. The number of nitrogens with zero attached hydrogens (tertiary/aromatic N) is 1. The molecule has 0 spiro atoms. The predicted octanol–water partition coefficient (Wildman–Crippen LogP) is 3.24. The number of hydrogen-bond donors (Lipinski definition) is 3. The van der Waals surface area contributed by atoms with Crippen molar-refractivity contribution in [2.45, 2.75) is 0 Å². The van der Waals surface area contributed by atoms with Gasteiger partial charge in [-0.15, -0.1) is 0 Å². The van der Waals surface area contributed by atoms with E-state index in [1.54, 1.807) is 49.7 Å². The second kappa shape index (κ2) is 8.21. The predicted molar refractivity (Wildman–Crippen MR) is 96.5 cm³/mol. The van der Waals surface area contributed by atoms with Crippen LogP contribution in [0.15, 0.2) is 59.5 Å². The van der Waals surface area contributed by atoms with Gasteiger partial charge in [-0.1, -0.05) is 6.07 Å². The summed E-state index contributed by atoms with van der Waals surface area (Å²) >= 11 is 0. The molecule has 3 aromatic rings. The summed E-state index contributed by atoms with van der Waals surface area (Å²) in [5.41, 5.74) is 13.7. The number of nitrogens with two attached hydrogens (primary N) is 1. The average molecular weight is 352 g/mol. The number of ether oxygens (including phenoxy) is 1. The molecule has 0 unspecified atom stereocenters. The van der Waals surface area contributed by atoms with Gasteiger partial charge >= 0.3 is 0 Å². The second-order valence-corrected chi connectivity index (χ2v) is 5.02. The number of benzene rings is 2. The van der Waals surface area contributed by atoms with Crippen LogP contribution < -0.4 is 21.4 Å².